The molecule has 0 saturated heterocycles. The zero-order valence-electron chi connectivity index (χ0n) is 8.50. The molecule has 0 saturated carbocycles. The highest BCUT2D eigenvalue weighted by molar-refractivity contribution is 7.79. The summed E-state index contributed by atoms with van der Waals surface area (Å²) >= 11 is 0. The van der Waals surface area contributed by atoms with Gasteiger partial charge in [-0.05, 0) is 6.92 Å². The van der Waals surface area contributed by atoms with Gasteiger partial charge in [0.15, 0.2) is 0 Å². The van der Waals surface area contributed by atoms with E-state index in [2.05, 4.69) is 0 Å². The van der Waals surface area contributed by atoms with Crippen molar-refractivity contribution >= 4 is 18.3 Å². The van der Waals surface area contributed by atoms with E-state index in [1.807, 2.05) is 6.92 Å². The van der Waals surface area contributed by atoms with Crippen molar-refractivity contribution in [3.8, 4) is 0 Å². The third-order valence-corrected chi connectivity index (χ3v) is 3.67. The van der Waals surface area contributed by atoms with Gasteiger partial charge in [-0.3, -0.25) is 9.11 Å². The standard InChI is InChI=1S/C5H14O3P.H2O4S/c1-5-9(6-2,7-3)8-4;1-5(2,3)4/h5H2,1-4H3;(H2,1,2,3,4)/q+1;. The smallest absolute Gasteiger partial charge is 0.264 e. The minimum atomic E-state index is -4.67. The Kier molecular flexibility index (Phi) is 8.86. The summed E-state index contributed by atoms with van der Waals surface area (Å²) < 4.78 is 46.7. The van der Waals surface area contributed by atoms with E-state index < -0.39 is 18.3 Å². The summed E-state index contributed by atoms with van der Waals surface area (Å²) in [6.45, 7) is 1.98. The monoisotopic (exact) mass is 251 g/mol. The molecule has 0 spiro atoms. The zero-order valence-corrected chi connectivity index (χ0v) is 10.2. The first-order valence-electron chi connectivity index (χ1n) is 3.49. The summed E-state index contributed by atoms with van der Waals surface area (Å²) in [5, 5.41) is 0. The molecular formula is C5H16O7PS+. The third kappa shape index (κ3) is 10.3. The molecule has 0 heterocycles. The van der Waals surface area contributed by atoms with Crippen molar-refractivity contribution in [2.24, 2.45) is 0 Å². The van der Waals surface area contributed by atoms with Crippen LogP contribution in [0, 0.1) is 0 Å². The summed E-state index contributed by atoms with van der Waals surface area (Å²) in [7, 11) is -1.78. The van der Waals surface area contributed by atoms with Gasteiger partial charge in [-0.1, -0.05) is 0 Å². The predicted molar refractivity (Wildman–Crippen MR) is 52.7 cm³/mol. The van der Waals surface area contributed by atoms with Crippen LogP contribution in [0.5, 0.6) is 0 Å². The number of rotatable bonds is 4. The van der Waals surface area contributed by atoms with Crippen LogP contribution >= 0.6 is 7.94 Å². The average molecular weight is 251 g/mol. The van der Waals surface area contributed by atoms with Crippen molar-refractivity contribution in [1.82, 2.24) is 0 Å². The van der Waals surface area contributed by atoms with Gasteiger partial charge in [0.1, 0.15) is 6.16 Å². The molecule has 0 atom stereocenters. The minimum absolute atomic E-state index is 0.788. The maximum absolute atomic E-state index is 8.74. The first kappa shape index (κ1) is 16.6. The largest absolute Gasteiger partial charge is 0.410 e. The highest BCUT2D eigenvalue weighted by atomic mass is 32.3. The van der Waals surface area contributed by atoms with E-state index in [0.717, 1.165) is 6.16 Å². The molecule has 7 nitrogen and oxygen atoms in total. The van der Waals surface area contributed by atoms with Gasteiger partial charge in [0.2, 0.25) is 0 Å². The Morgan fingerprint density at radius 2 is 1.29 bits per heavy atom. The lowest BCUT2D eigenvalue weighted by molar-refractivity contribution is 0.212. The van der Waals surface area contributed by atoms with E-state index in [-0.39, 0.29) is 0 Å². The Morgan fingerprint density at radius 3 is 1.29 bits per heavy atom. The molecule has 0 rings (SSSR count). The van der Waals surface area contributed by atoms with E-state index in [1.165, 1.54) is 0 Å². The maximum Gasteiger partial charge on any atom is 0.410 e. The molecule has 0 aliphatic rings. The molecule has 2 N–H and O–H groups in total. The van der Waals surface area contributed by atoms with Crippen LogP contribution in [0.15, 0.2) is 0 Å². The lowest BCUT2D eigenvalue weighted by Gasteiger charge is -2.14. The second kappa shape index (κ2) is 7.47. The molecule has 0 bridgehead atoms. The van der Waals surface area contributed by atoms with Crippen molar-refractivity contribution in [3.05, 3.63) is 0 Å². The van der Waals surface area contributed by atoms with Gasteiger partial charge in [0.05, 0.1) is 21.3 Å². The first-order valence-corrected chi connectivity index (χ1v) is 6.62. The second-order valence-corrected chi connectivity index (χ2v) is 5.77. The minimum Gasteiger partial charge on any atom is -0.264 e. The molecule has 0 aromatic heterocycles. The van der Waals surface area contributed by atoms with Crippen LogP contribution in [-0.2, 0) is 24.0 Å². The van der Waals surface area contributed by atoms with Crippen molar-refractivity contribution < 1.29 is 31.1 Å². The molecule has 0 amide bonds. The molecule has 0 unspecified atom stereocenters. The summed E-state index contributed by atoms with van der Waals surface area (Å²) in [6, 6.07) is 0. The highest BCUT2D eigenvalue weighted by Gasteiger charge is 2.38. The van der Waals surface area contributed by atoms with Crippen LogP contribution in [0.25, 0.3) is 0 Å². The predicted octanol–water partition coefficient (Wildman–Crippen LogP) is 1.06. The summed E-state index contributed by atoms with van der Waals surface area (Å²) in [6.07, 6.45) is 0.788. The summed E-state index contributed by atoms with van der Waals surface area (Å²) in [4.78, 5) is 0. The third-order valence-electron chi connectivity index (χ3n) is 1.22. The molecule has 88 valence electrons. The molecule has 0 radical (unpaired) electrons. The Labute approximate surface area is 84.5 Å². The second-order valence-electron chi connectivity index (χ2n) is 1.92. The maximum atomic E-state index is 8.74. The number of hydrogen-bond donors (Lipinski definition) is 2. The van der Waals surface area contributed by atoms with Gasteiger partial charge in [-0.2, -0.15) is 22.0 Å². The van der Waals surface area contributed by atoms with Crippen molar-refractivity contribution in [3.63, 3.8) is 0 Å². The van der Waals surface area contributed by atoms with Crippen LogP contribution in [0.3, 0.4) is 0 Å². The highest BCUT2D eigenvalue weighted by Crippen LogP contribution is 2.59. The number of hydrogen-bond acceptors (Lipinski definition) is 5. The van der Waals surface area contributed by atoms with Crippen molar-refractivity contribution in [2.45, 2.75) is 6.92 Å². The van der Waals surface area contributed by atoms with Crippen LogP contribution in [0.4, 0.5) is 0 Å². The van der Waals surface area contributed by atoms with Gasteiger partial charge in [-0.25, -0.2) is 0 Å². The summed E-state index contributed by atoms with van der Waals surface area (Å²) in [5.41, 5.74) is 0. The molecular weight excluding hydrogens is 235 g/mol. The van der Waals surface area contributed by atoms with E-state index in [0.29, 0.717) is 0 Å². The lowest BCUT2D eigenvalue weighted by Crippen LogP contribution is -2.02. The van der Waals surface area contributed by atoms with Crippen molar-refractivity contribution in [2.75, 3.05) is 27.5 Å². The fraction of sp³-hybridized carbons (Fsp3) is 1.00. The quantitative estimate of drug-likeness (QED) is 0.568. The fourth-order valence-electron chi connectivity index (χ4n) is 0.611. The van der Waals surface area contributed by atoms with Gasteiger partial charge in [-0.15, -0.1) is 0 Å². The Bertz CT molecular complexity index is 197. The van der Waals surface area contributed by atoms with Gasteiger partial charge >= 0.3 is 18.3 Å². The molecule has 14 heavy (non-hydrogen) atoms. The van der Waals surface area contributed by atoms with Crippen LogP contribution < -0.4 is 0 Å². The first-order chi connectivity index (χ1) is 6.24. The van der Waals surface area contributed by atoms with Crippen LogP contribution in [0.1, 0.15) is 6.92 Å². The van der Waals surface area contributed by atoms with E-state index >= 15 is 0 Å². The molecule has 0 aliphatic carbocycles. The van der Waals surface area contributed by atoms with Crippen molar-refractivity contribution in [1.29, 1.82) is 0 Å². The summed E-state index contributed by atoms with van der Waals surface area (Å²) in [5.74, 6) is 0. The molecule has 0 aromatic carbocycles. The molecule has 0 fully saturated rings. The lowest BCUT2D eigenvalue weighted by atomic mass is 11.0. The van der Waals surface area contributed by atoms with E-state index in [4.69, 9.17) is 31.1 Å². The Hall–Kier alpha value is 0.180. The normalized spacial score (nSPS) is 11.9. The van der Waals surface area contributed by atoms with E-state index in [9.17, 15) is 0 Å². The fourth-order valence-corrected chi connectivity index (χ4v) is 1.83. The van der Waals surface area contributed by atoms with Gasteiger partial charge in [0.25, 0.3) is 0 Å². The molecule has 0 aliphatic heterocycles. The van der Waals surface area contributed by atoms with Crippen LogP contribution in [-0.4, -0.2) is 45.0 Å². The van der Waals surface area contributed by atoms with E-state index in [1.54, 1.807) is 21.3 Å². The van der Waals surface area contributed by atoms with Crippen LogP contribution in [0.2, 0.25) is 0 Å². The Morgan fingerprint density at radius 1 is 1.07 bits per heavy atom. The average Bonchev–Trinajstić information content (AvgIpc) is 2.07. The molecule has 9 heteroatoms. The topological polar surface area (TPSA) is 102 Å². The van der Waals surface area contributed by atoms with Gasteiger partial charge in [0, 0.05) is 0 Å². The molecule has 0 aromatic rings. The Balaban J connectivity index is 0. The van der Waals surface area contributed by atoms with Gasteiger partial charge < -0.3 is 0 Å². The SMILES string of the molecule is CC[P+](OC)(OC)OC.O=S(=O)(O)O. The zero-order chi connectivity index (χ0) is 11.8.